The van der Waals surface area contributed by atoms with Crippen LogP contribution in [0.4, 0.5) is 5.82 Å². The molecule has 1 fully saturated rings. The van der Waals surface area contributed by atoms with E-state index in [0.717, 1.165) is 18.5 Å². The fraction of sp³-hybridized carbons (Fsp3) is 0.400. The third-order valence-corrected chi connectivity index (χ3v) is 3.84. The van der Waals surface area contributed by atoms with Crippen LogP contribution in [0.5, 0.6) is 0 Å². The summed E-state index contributed by atoms with van der Waals surface area (Å²) in [4.78, 5) is 16.2. The lowest BCUT2D eigenvalue weighted by molar-refractivity contribution is -0.119. The maximum atomic E-state index is 12.2. The van der Waals surface area contributed by atoms with Gasteiger partial charge in [-0.25, -0.2) is 4.68 Å². The minimum absolute atomic E-state index is 0. The summed E-state index contributed by atoms with van der Waals surface area (Å²) in [6.45, 7) is 1.34. The SMILES string of the molecule is Cl.Cl.NC(C(=O)Nc1ccn(-c2ccncc2)n1)C1CCOCC1. The Morgan fingerprint density at radius 2 is 1.92 bits per heavy atom. The predicted molar refractivity (Wildman–Crippen MR) is 96.0 cm³/mol. The van der Waals surface area contributed by atoms with Gasteiger partial charge in [0.25, 0.3) is 0 Å². The average molecular weight is 374 g/mol. The molecule has 1 aliphatic rings. The molecule has 1 amide bonds. The van der Waals surface area contributed by atoms with Crippen molar-refractivity contribution in [1.82, 2.24) is 14.8 Å². The number of halogens is 2. The van der Waals surface area contributed by atoms with Gasteiger partial charge in [0.15, 0.2) is 5.82 Å². The fourth-order valence-corrected chi connectivity index (χ4v) is 2.53. The van der Waals surface area contributed by atoms with E-state index in [9.17, 15) is 4.79 Å². The van der Waals surface area contributed by atoms with Crippen LogP contribution in [0.15, 0.2) is 36.8 Å². The number of rotatable bonds is 4. The van der Waals surface area contributed by atoms with Gasteiger partial charge in [0.2, 0.25) is 5.91 Å². The van der Waals surface area contributed by atoms with E-state index in [1.165, 1.54) is 0 Å². The quantitative estimate of drug-likeness (QED) is 0.851. The molecule has 1 atom stereocenters. The predicted octanol–water partition coefficient (Wildman–Crippen LogP) is 1.80. The molecule has 24 heavy (non-hydrogen) atoms. The third kappa shape index (κ3) is 4.91. The molecule has 3 rings (SSSR count). The molecule has 0 bridgehead atoms. The number of ether oxygens (including phenoxy) is 1. The lowest BCUT2D eigenvalue weighted by atomic mass is 9.92. The molecule has 0 aliphatic carbocycles. The largest absolute Gasteiger partial charge is 0.381 e. The summed E-state index contributed by atoms with van der Waals surface area (Å²) >= 11 is 0. The molecule has 132 valence electrons. The number of aromatic nitrogens is 3. The summed E-state index contributed by atoms with van der Waals surface area (Å²) in [6, 6.07) is 4.89. The van der Waals surface area contributed by atoms with Crippen molar-refractivity contribution < 1.29 is 9.53 Å². The van der Waals surface area contributed by atoms with Crippen LogP contribution < -0.4 is 11.1 Å². The van der Waals surface area contributed by atoms with Gasteiger partial charge in [-0.15, -0.1) is 24.8 Å². The van der Waals surface area contributed by atoms with Crippen LogP contribution in [0.1, 0.15) is 12.8 Å². The van der Waals surface area contributed by atoms with Crippen molar-refractivity contribution in [3.05, 3.63) is 36.8 Å². The topological polar surface area (TPSA) is 95.1 Å². The van der Waals surface area contributed by atoms with E-state index >= 15 is 0 Å². The van der Waals surface area contributed by atoms with Crippen molar-refractivity contribution in [2.24, 2.45) is 11.7 Å². The Bertz CT molecular complexity index is 632. The van der Waals surface area contributed by atoms with E-state index in [1.807, 2.05) is 12.1 Å². The van der Waals surface area contributed by atoms with Crippen molar-refractivity contribution in [1.29, 1.82) is 0 Å². The number of hydrogen-bond acceptors (Lipinski definition) is 5. The van der Waals surface area contributed by atoms with Crippen LogP contribution in [-0.4, -0.2) is 39.9 Å². The van der Waals surface area contributed by atoms with Crippen molar-refractivity contribution in [3.63, 3.8) is 0 Å². The normalized spacial score (nSPS) is 15.7. The Kier molecular flexibility index (Phi) is 8.14. The van der Waals surface area contributed by atoms with Crippen LogP contribution in [0.25, 0.3) is 5.69 Å². The minimum atomic E-state index is -0.532. The zero-order valence-electron chi connectivity index (χ0n) is 13.0. The Labute approximate surface area is 152 Å². The average Bonchev–Trinajstić information content (AvgIpc) is 3.04. The van der Waals surface area contributed by atoms with Gasteiger partial charge in [-0.05, 0) is 30.9 Å². The lowest BCUT2D eigenvalue weighted by Crippen LogP contribution is -2.44. The molecule has 3 heterocycles. The van der Waals surface area contributed by atoms with Crippen LogP contribution >= 0.6 is 24.8 Å². The number of nitrogens with two attached hydrogens (primary N) is 1. The van der Waals surface area contributed by atoms with Crippen molar-refractivity contribution in [2.75, 3.05) is 18.5 Å². The number of pyridine rings is 1. The van der Waals surface area contributed by atoms with Gasteiger partial charge < -0.3 is 15.8 Å². The number of amides is 1. The lowest BCUT2D eigenvalue weighted by Gasteiger charge is -2.26. The molecule has 9 heteroatoms. The number of nitrogens with one attached hydrogen (secondary N) is 1. The first-order valence-electron chi connectivity index (χ1n) is 7.34. The molecule has 0 radical (unpaired) electrons. The second-order valence-electron chi connectivity index (χ2n) is 5.32. The van der Waals surface area contributed by atoms with Crippen LogP contribution in [-0.2, 0) is 9.53 Å². The number of carbonyl (C=O) groups excluding carboxylic acids is 1. The molecule has 0 spiro atoms. The number of hydrogen-bond donors (Lipinski definition) is 2. The van der Waals surface area contributed by atoms with E-state index in [-0.39, 0.29) is 36.6 Å². The van der Waals surface area contributed by atoms with Crippen LogP contribution in [0, 0.1) is 5.92 Å². The van der Waals surface area contributed by atoms with E-state index in [1.54, 1.807) is 29.3 Å². The Morgan fingerprint density at radius 1 is 1.25 bits per heavy atom. The van der Waals surface area contributed by atoms with Gasteiger partial charge in [0.1, 0.15) is 0 Å². The highest BCUT2D eigenvalue weighted by atomic mass is 35.5. The molecule has 1 saturated heterocycles. The first-order chi connectivity index (χ1) is 10.7. The molecule has 0 aromatic carbocycles. The van der Waals surface area contributed by atoms with Gasteiger partial charge in [0, 0.05) is 37.9 Å². The Balaban J connectivity index is 0.00000144. The van der Waals surface area contributed by atoms with Gasteiger partial charge >= 0.3 is 0 Å². The van der Waals surface area contributed by atoms with Crippen molar-refractivity contribution in [2.45, 2.75) is 18.9 Å². The van der Waals surface area contributed by atoms with Gasteiger partial charge in [-0.1, -0.05) is 0 Å². The zero-order valence-corrected chi connectivity index (χ0v) is 14.6. The van der Waals surface area contributed by atoms with Crippen molar-refractivity contribution in [3.8, 4) is 5.69 Å². The molecule has 0 saturated carbocycles. The molecule has 3 N–H and O–H groups in total. The molecular weight excluding hydrogens is 353 g/mol. The summed E-state index contributed by atoms with van der Waals surface area (Å²) in [5.74, 6) is 0.451. The van der Waals surface area contributed by atoms with E-state index in [0.29, 0.717) is 19.0 Å². The standard InChI is InChI=1S/C15H19N5O2.2ClH/c16-14(11-4-9-22-10-5-11)15(21)18-13-3-8-20(19-13)12-1-6-17-7-2-12;;/h1-3,6-8,11,14H,4-5,9-10,16H2,(H,18,19,21);2*1H. The van der Waals surface area contributed by atoms with E-state index in [2.05, 4.69) is 15.4 Å². The second kappa shape index (κ2) is 9.58. The highest BCUT2D eigenvalue weighted by molar-refractivity contribution is 5.94. The van der Waals surface area contributed by atoms with Gasteiger partial charge in [-0.2, -0.15) is 5.10 Å². The summed E-state index contributed by atoms with van der Waals surface area (Å²) in [5.41, 5.74) is 6.93. The maximum Gasteiger partial charge on any atom is 0.242 e. The summed E-state index contributed by atoms with van der Waals surface area (Å²) < 4.78 is 6.97. The van der Waals surface area contributed by atoms with E-state index < -0.39 is 6.04 Å². The third-order valence-electron chi connectivity index (χ3n) is 3.84. The Morgan fingerprint density at radius 3 is 2.58 bits per heavy atom. The monoisotopic (exact) mass is 373 g/mol. The molecule has 2 aromatic rings. The highest BCUT2D eigenvalue weighted by Crippen LogP contribution is 2.18. The summed E-state index contributed by atoms with van der Waals surface area (Å²) in [7, 11) is 0. The van der Waals surface area contributed by atoms with Gasteiger partial charge in [-0.3, -0.25) is 9.78 Å². The van der Waals surface area contributed by atoms with E-state index in [4.69, 9.17) is 10.5 Å². The highest BCUT2D eigenvalue weighted by Gasteiger charge is 2.26. The zero-order chi connectivity index (χ0) is 15.4. The summed E-state index contributed by atoms with van der Waals surface area (Å²) in [6.07, 6.45) is 6.80. The molecule has 2 aromatic heterocycles. The number of anilines is 1. The molecule has 1 unspecified atom stereocenters. The first kappa shape index (κ1) is 20.4. The van der Waals surface area contributed by atoms with Crippen LogP contribution in [0.3, 0.4) is 0 Å². The minimum Gasteiger partial charge on any atom is -0.381 e. The van der Waals surface area contributed by atoms with Crippen LogP contribution in [0.2, 0.25) is 0 Å². The smallest absolute Gasteiger partial charge is 0.242 e. The number of nitrogens with zero attached hydrogens (tertiary/aromatic N) is 3. The van der Waals surface area contributed by atoms with Crippen molar-refractivity contribution >= 4 is 36.5 Å². The summed E-state index contributed by atoms with van der Waals surface area (Å²) in [5, 5.41) is 7.10. The number of carbonyl (C=O) groups is 1. The Hall–Kier alpha value is -1.67. The molecule has 1 aliphatic heterocycles. The molecular formula is C15H21Cl2N5O2. The second-order valence-corrected chi connectivity index (χ2v) is 5.32. The van der Waals surface area contributed by atoms with Gasteiger partial charge in [0.05, 0.1) is 11.7 Å². The molecule has 7 nitrogen and oxygen atoms in total. The maximum absolute atomic E-state index is 12.2. The fourth-order valence-electron chi connectivity index (χ4n) is 2.53. The first-order valence-corrected chi connectivity index (χ1v) is 7.34.